The Balaban J connectivity index is 1.56. The number of hydrogen-bond donors (Lipinski definition) is 2. The summed E-state index contributed by atoms with van der Waals surface area (Å²) < 4.78 is 0. The molecule has 2 aromatic rings. The van der Waals surface area contributed by atoms with Crippen LogP contribution in [0, 0.1) is 5.92 Å². The van der Waals surface area contributed by atoms with Gasteiger partial charge >= 0.3 is 5.97 Å². The van der Waals surface area contributed by atoms with Gasteiger partial charge in [0, 0.05) is 12.1 Å². The molecule has 1 amide bonds. The molecule has 0 heterocycles. The van der Waals surface area contributed by atoms with Crippen LogP contribution in [-0.4, -0.2) is 17.0 Å². The molecule has 24 heavy (non-hydrogen) atoms. The second kappa shape index (κ2) is 6.87. The first-order valence-electron chi connectivity index (χ1n) is 8.22. The lowest BCUT2D eigenvalue weighted by atomic mass is 10.0. The molecular weight excluding hydrogens is 302 g/mol. The molecule has 0 aromatic heterocycles. The number of rotatable bonds is 6. The molecule has 1 saturated carbocycles. The van der Waals surface area contributed by atoms with Gasteiger partial charge in [-0.2, -0.15) is 0 Å². The Morgan fingerprint density at radius 2 is 1.92 bits per heavy atom. The average molecular weight is 323 g/mol. The lowest BCUT2D eigenvalue weighted by Gasteiger charge is -2.10. The lowest BCUT2D eigenvalue weighted by Crippen LogP contribution is -2.13. The Morgan fingerprint density at radius 3 is 2.62 bits per heavy atom. The summed E-state index contributed by atoms with van der Waals surface area (Å²) in [6.07, 6.45) is 1.55. The maximum absolute atomic E-state index is 12.2. The van der Waals surface area contributed by atoms with Crippen molar-refractivity contribution in [3.63, 3.8) is 0 Å². The van der Waals surface area contributed by atoms with Gasteiger partial charge in [0.05, 0.1) is 5.92 Å². The predicted molar refractivity (Wildman–Crippen MR) is 93.0 cm³/mol. The SMILES string of the molecule is CC(C(=O)O)c1cccc(NC(=O)C[C@@H]2C[C@H]2c2ccccc2)c1. The monoisotopic (exact) mass is 323 g/mol. The molecule has 124 valence electrons. The average Bonchev–Trinajstić information content (AvgIpc) is 3.34. The summed E-state index contributed by atoms with van der Waals surface area (Å²) in [5, 5.41) is 12.0. The minimum atomic E-state index is -0.873. The summed E-state index contributed by atoms with van der Waals surface area (Å²) in [7, 11) is 0. The van der Waals surface area contributed by atoms with Crippen molar-refractivity contribution in [2.24, 2.45) is 5.92 Å². The molecule has 0 aliphatic heterocycles. The highest BCUT2D eigenvalue weighted by molar-refractivity contribution is 5.91. The van der Waals surface area contributed by atoms with E-state index in [4.69, 9.17) is 5.11 Å². The number of anilines is 1. The summed E-state index contributed by atoms with van der Waals surface area (Å²) >= 11 is 0. The molecule has 4 heteroatoms. The van der Waals surface area contributed by atoms with E-state index in [0.717, 1.165) is 6.42 Å². The third-order valence-corrected chi connectivity index (χ3v) is 4.64. The van der Waals surface area contributed by atoms with E-state index >= 15 is 0 Å². The predicted octanol–water partition coefficient (Wildman–Crippen LogP) is 4.01. The second-order valence-corrected chi connectivity index (χ2v) is 6.45. The molecule has 1 aliphatic carbocycles. The van der Waals surface area contributed by atoms with Crippen LogP contribution in [-0.2, 0) is 9.59 Å². The van der Waals surface area contributed by atoms with Crippen molar-refractivity contribution in [2.75, 3.05) is 5.32 Å². The van der Waals surface area contributed by atoms with Crippen molar-refractivity contribution in [1.82, 2.24) is 0 Å². The second-order valence-electron chi connectivity index (χ2n) is 6.45. The Hall–Kier alpha value is -2.62. The highest BCUT2D eigenvalue weighted by Crippen LogP contribution is 2.49. The van der Waals surface area contributed by atoms with Gasteiger partial charge in [0.2, 0.25) is 5.91 Å². The summed E-state index contributed by atoms with van der Waals surface area (Å²) in [4.78, 5) is 23.3. The molecule has 2 aromatic carbocycles. The van der Waals surface area contributed by atoms with Gasteiger partial charge in [-0.15, -0.1) is 0 Å². The molecular formula is C20H21NO3. The van der Waals surface area contributed by atoms with Crippen molar-refractivity contribution >= 4 is 17.6 Å². The third-order valence-electron chi connectivity index (χ3n) is 4.64. The van der Waals surface area contributed by atoms with Crippen LogP contribution in [0.5, 0.6) is 0 Å². The molecule has 2 N–H and O–H groups in total. The fourth-order valence-corrected chi connectivity index (χ4v) is 3.06. The Morgan fingerprint density at radius 1 is 1.17 bits per heavy atom. The number of carbonyl (C=O) groups excluding carboxylic acids is 1. The molecule has 0 radical (unpaired) electrons. The first kappa shape index (κ1) is 16.2. The van der Waals surface area contributed by atoms with Crippen LogP contribution in [0.25, 0.3) is 0 Å². The Labute approximate surface area is 141 Å². The van der Waals surface area contributed by atoms with Crippen molar-refractivity contribution in [1.29, 1.82) is 0 Å². The van der Waals surface area contributed by atoms with E-state index in [1.165, 1.54) is 5.56 Å². The number of carboxylic acids is 1. The molecule has 0 bridgehead atoms. The number of nitrogens with one attached hydrogen (secondary N) is 1. The summed E-state index contributed by atoms with van der Waals surface area (Å²) in [6, 6.07) is 17.3. The van der Waals surface area contributed by atoms with Gasteiger partial charge in [0.25, 0.3) is 0 Å². The number of benzene rings is 2. The van der Waals surface area contributed by atoms with Crippen LogP contribution >= 0.6 is 0 Å². The lowest BCUT2D eigenvalue weighted by molar-refractivity contribution is -0.138. The Kier molecular flexibility index (Phi) is 4.65. The minimum Gasteiger partial charge on any atom is -0.481 e. The van der Waals surface area contributed by atoms with Crippen LogP contribution in [0.1, 0.15) is 42.7 Å². The van der Waals surface area contributed by atoms with Crippen molar-refractivity contribution in [3.8, 4) is 0 Å². The summed E-state index contributed by atoms with van der Waals surface area (Å²) in [5.74, 6) is -0.600. The molecule has 1 unspecified atom stereocenters. The fourth-order valence-electron chi connectivity index (χ4n) is 3.06. The van der Waals surface area contributed by atoms with E-state index in [2.05, 4.69) is 17.4 Å². The number of hydrogen-bond acceptors (Lipinski definition) is 2. The van der Waals surface area contributed by atoms with Crippen molar-refractivity contribution in [2.45, 2.75) is 31.6 Å². The highest BCUT2D eigenvalue weighted by atomic mass is 16.4. The van der Waals surface area contributed by atoms with Crippen LogP contribution in [0.15, 0.2) is 54.6 Å². The van der Waals surface area contributed by atoms with Gasteiger partial charge in [-0.3, -0.25) is 9.59 Å². The molecule has 3 atom stereocenters. The quantitative estimate of drug-likeness (QED) is 0.844. The Bertz CT molecular complexity index is 742. The number of aliphatic carboxylic acids is 1. The van der Waals surface area contributed by atoms with E-state index < -0.39 is 11.9 Å². The highest BCUT2D eigenvalue weighted by Gasteiger charge is 2.39. The minimum absolute atomic E-state index is 0.0152. The first-order valence-corrected chi connectivity index (χ1v) is 8.22. The van der Waals surface area contributed by atoms with Gasteiger partial charge in [0.15, 0.2) is 0 Å². The van der Waals surface area contributed by atoms with Crippen molar-refractivity contribution < 1.29 is 14.7 Å². The molecule has 1 fully saturated rings. The van der Waals surface area contributed by atoms with Gasteiger partial charge in [-0.05, 0) is 48.4 Å². The third kappa shape index (κ3) is 3.82. The molecule has 1 aliphatic rings. The van der Waals surface area contributed by atoms with E-state index in [9.17, 15) is 9.59 Å². The smallest absolute Gasteiger partial charge is 0.310 e. The summed E-state index contributed by atoms with van der Waals surface area (Å²) in [6.45, 7) is 1.64. The zero-order chi connectivity index (χ0) is 17.1. The van der Waals surface area contributed by atoms with Gasteiger partial charge in [0.1, 0.15) is 0 Å². The number of amides is 1. The topological polar surface area (TPSA) is 66.4 Å². The number of carbonyl (C=O) groups is 2. The van der Waals surface area contributed by atoms with E-state index in [-0.39, 0.29) is 5.91 Å². The fraction of sp³-hybridized carbons (Fsp3) is 0.300. The van der Waals surface area contributed by atoms with Gasteiger partial charge < -0.3 is 10.4 Å². The van der Waals surface area contributed by atoms with E-state index in [1.54, 1.807) is 31.2 Å². The van der Waals surface area contributed by atoms with Gasteiger partial charge in [-0.25, -0.2) is 0 Å². The standard InChI is InChI=1S/C20H21NO3/c1-13(20(23)24)15-8-5-9-17(10-15)21-19(22)12-16-11-18(16)14-6-3-2-4-7-14/h2-10,13,16,18H,11-12H2,1H3,(H,21,22)(H,23,24)/t13?,16-,18-/m0/s1. The molecule has 0 spiro atoms. The summed E-state index contributed by atoms with van der Waals surface area (Å²) in [5.41, 5.74) is 2.64. The molecule has 3 rings (SSSR count). The maximum Gasteiger partial charge on any atom is 0.310 e. The normalized spacial score (nSPS) is 20.2. The van der Waals surface area contributed by atoms with Crippen LogP contribution in [0.4, 0.5) is 5.69 Å². The van der Waals surface area contributed by atoms with Crippen LogP contribution in [0.3, 0.4) is 0 Å². The van der Waals surface area contributed by atoms with Crippen LogP contribution < -0.4 is 5.32 Å². The molecule has 4 nitrogen and oxygen atoms in total. The number of carboxylic acid groups (broad SMARTS) is 1. The zero-order valence-electron chi connectivity index (χ0n) is 13.6. The molecule has 0 saturated heterocycles. The maximum atomic E-state index is 12.2. The van der Waals surface area contributed by atoms with E-state index in [1.807, 2.05) is 18.2 Å². The zero-order valence-corrected chi connectivity index (χ0v) is 13.6. The van der Waals surface area contributed by atoms with Gasteiger partial charge in [-0.1, -0.05) is 42.5 Å². The van der Waals surface area contributed by atoms with Crippen LogP contribution in [0.2, 0.25) is 0 Å². The first-order chi connectivity index (χ1) is 11.5. The van der Waals surface area contributed by atoms with E-state index in [0.29, 0.717) is 29.5 Å². The largest absolute Gasteiger partial charge is 0.481 e. The van der Waals surface area contributed by atoms with Crippen molar-refractivity contribution in [3.05, 3.63) is 65.7 Å².